The predicted octanol–water partition coefficient (Wildman–Crippen LogP) is 4.70. The maximum Gasteiger partial charge on any atom is 0.292 e. The summed E-state index contributed by atoms with van der Waals surface area (Å²) in [7, 11) is 0. The van der Waals surface area contributed by atoms with Gasteiger partial charge in [-0.2, -0.15) is 11.8 Å². The van der Waals surface area contributed by atoms with E-state index in [0.29, 0.717) is 11.6 Å². The first-order valence-corrected chi connectivity index (χ1v) is 8.33. The zero-order valence-corrected chi connectivity index (χ0v) is 13.3. The van der Waals surface area contributed by atoms with Crippen LogP contribution in [-0.4, -0.2) is 17.2 Å². The van der Waals surface area contributed by atoms with Crippen molar-refractivity contribution in [3.8, 4) is 0 Å². The Balaban J connectivity index is 2.82. The Morgan fingerprint density at radius 3 is 2.75 bits per heavy atom. The number of nitrogens with zero attached hydrogens (tertiary/aromatic N) is 1. The van der Waals surface area contributed by atoms with Crippen LogP contribution >= 0.6 is 11.8 Å². The molecule has 0 amide bonds. The quantitative estimate of drug-likeness (QED) is 0.530. The number of nitro groups is 1. The number of nitro benzene ring substituents is 1. The highest BCUT2D eigenvalue weighted by atomic mass is 32.2. The monoisotopic (exact) mass is 296 g/mol. The molecule has 5 heteroatoms. The third-order valence-electron chi connectivity index (χ3n) is 3.23. The molecule has 0 aliphatic carbocycles. The number of benzene rings is 1. The van der Waals surface area contributed by atoms with Gasteiger partial charge in [-0.05, 0) is 23.7 Å². The lowest BCUT2D eigenvalue weighted by molar-refractivity contribution is -0.384. The second kappa shape index (κ2) is 8.84. The van der Waals surface area contributed by atoms with Crippen molar-refractivity contribution >= 4 is 23.1 Å². The second-order valence-corrected chi connectivity index (χ2v) is 6.05. The summed E-state index contributed by atoms with van der Waals surface area (Å²) in [4.78, 5) is 10.8. The van der Waals surface area contributed by atoms with Gasteiger partial charge in [0.2, 0.25) is 0 Å². The topological polar surface area (TPSA) is 55.2 Å². The van der Waals surface area contributed by atoms with Crippen LogP contribution in [0.1, 0.15) is 39.2 Å². The van der Waals surface area contributed by atoms with E-state index in [9.17, 15) is 10.1 Å². The van der Waals surface area contributed by atoms with E-state index in [0.717, 1.165) is 30.0 Å². The van der Waals surface area contributed by atoms with E-state index in [1.54, 1.807) is 12.1 Å². The lowest BCUT2D eigenvalue weighted by Gasteiger charge is -2.13. The van der Waals surface area contributed by atoms with Crippen LogP contribution in [0.15, 0.2) is 18.2 Å². The zero-order valence-electron chi connectivity index (χ0n) is 12.5. The van der Waals surface area contributed by atoms with Crippen LogP contribution in [0.2, 0.25) is 0 Å². The minimum Gasteiger partial charge on any atom is -0.379 e. The van der Waals surface area contributed by atoms with Gasteiger partial charge < -0.3 is 5.32 Å². The van der Waals surface area contributed by atoms with Crippen molar-refractivity contribution in [2.45, 2.75) is 39.4 Å². The first kappa shape index (κ1) is 16.8. The third kappa shape index (κ3) is 5.04. The van der Waals surface area contributed by atoms with E-state index in [1.807, 2.05) is 17.8 Å². The van der Waals surface area contributed by atoms with E-state index in [1.165, 1.54) is 6.42 Å². The summed E-state index contributed by atoms with van der Waals surface area (Å²) in [6.45, 7) is 7.23. The second-order valence-electron chi connectivity index (χ2n) is 5.02. The summed E-state index contributed by atoms with van der Waals surface area (Å²) in [6, 6.07) is 5.32. The van der Waals surface area contributed by atoms with Gasteiger partial charge in [0.05, 0.1) is 4.92 Å². The molecule has 1 aromatic rings. The van der Waals surface area contributed by atoms with Crippen molar-refractivity contribution in [3.63, 3.8) is 0 Å². The normalized spacial score (nSPS) is 12.2. The smallest absolute Gasteiger partial charge is 0.292 e. The van der Waals surface area contributed by atoms with Crippen molar-refractivity contribution < 1.29 is 4.92 Å². The largest absolute Gasteiger partial charge is 0.379 e. The van der Waals surface area contributed by atoms with E-state index < -0.39 is 0 Å². The van der Waals surface area contributed by atoms with Gasteiger partial charge >= 0.3 is 0 Å². The number of para-hydroxylation sites is 1. The maximum absolute atomic E-state index is 11.1. The lowest BCUT2D eigenvalue weighted by atomic mass is 10.1. The molecule has 0 aromatic heterocycles. The summed E-state index contributed by atoms with van der Waals surface area (Å²) in [5.74, 6) is 2.59. The number of hydrogen-bond acceptors (Lipinski definition) is 4. The maximum atomic E-state index is 11.1. The molecule has 0 aliphatic rings. The first-order valence-electron chi connectivity index (χ1n) is 7.18. The van der Waals surface area contributed by atoms with Crippen molar-refractivity contribution in [3.05, 3.63) is 33.9 Å². The minimum atomic E-state index is -0.305. The number of anilines is 1. The van der Waals surface area contributed by atoms with Crippen LogP contribution in [0.25, 0.3) is 0 Å². The van der Waals surface area contributed by atoms with Crippen LogP contribution in [-0.2, 0) is 5.75 Å². The first-order chi connectivity index (χ1) is 9.60. The van der Waals surface area contributed by atoms with E-state index in [4.69, 9.17) is 0 Å². The summed E-state index contributed by atoms with van der Waals surface area (Å²) < 4.78 is 0. The fourth-order valence-corrected chi connectivity index (χ4v) is 3.02. The Morgan fingerprint density at radius 1 is 1.40 bits per heavy atom. The molecule has 1 aromatic carbocycles. The molecule has 1 unspecified atom stereocenters. The van der Waals surface area contributed by atoms with E-state index in [-0.39, 0.29) is 10.6 Å². The number of nitrogens with one attached hydrogen (secondary N) is 1. The Morgan fingerprint density at radius 2 is 2.15 bits per heavy atom. The Bertz CT molecular complexity index is 438. The van der Waals surface area contributed by atoms with Gasteiger partial charge in [-0.1, -0.05) is 39.3 Å². The molecule has 20 heavy (non-hydrogen) atoms. The van der Waals surface area contributed by atoms with Crippen LogP contribution in [0.4, 0.5) is 11.4 Å². The molecule has 1 N–H and O–H groups in total. The van der Waals surface area contributed by atoms with Crippen molar-refractivity contribution in [2.24, 2.45) is 5.92 Å². The predicted molar refractivity (Wildman–Crippen MR) is 87.5 cm³/mol. The SMILES string of the molecule is CCCNc1c(CSCC(C)CC)cccc1[N+](=O)[O-]. The minimum absolute atomic E-state index is 0.181. The van der Waals surface area contributed by atoms with Gasteiger partial charge in [-0.15, -0.1) is 0 Å². The van der Waals surface area contributed by atoms with Gasteiger partial charge in [0.15, 0.2) is 0 Å². The summed E-state index contributed by atoms with van der Waals surface area (Å²) in [5.41, 5.74) is 1.90. The molecule has 0 radical (unpaired) electrons. The average Bonchev–Trinajstić information content (AvgIpc) is 2.45. The fourth-order valence-electron chi connectivity index (χ4n) is 1.80. The van der Waals surface area contributed by atoms with Gasteiger partial charge in [0.1, 0.15) is 5.69 Å². The lowest BCUT2D eigenvalue weighted by Crippen LogP contribution is -2.06. The standard InChI is InChI=1S/C15H24N2O2S/c1-4-9-16-15-13(11-20-10-12(3)5-2)7-6-8-14(15)17(18)19/h6-8,12,16H,4-5,9-11H2,1-3H3. The molecule has 0 bridgehead atoms. The third-order valence-corrected chi connectivity index (χ3v) is 4.55. The van der Waals surface area contributed by atoms with Gasteiger partial charge in [-0.3, -0.25) is 10.1 Å². The summed E-state index contributed by atoms with van der Waals surface area (Å²) >= 11 is 1.84. The van der Waals surface area contributed by atoms with Crippen LogP contribution in [0, 0.1) is 16.0 Å². The van der Waals surface area contributed by atoms with Gasteiger partial charge in [-0.25, -0.2) is 0 Å². The molecular formula is C15H24N2O2S. The van der Waals surface area contributed by atoms with Crippen molar-refractivity contribution in [1.82, 2.24) is 0 Å². The molecule has 112 valence electrons. The average molecular weight is 296 g/mol. The summed E-state index contributed by atoms with van der Waals surface area (Å²) in [6.07, 6.45) is 2.12. The molecule has 0 saturated heterocycles. The Labute approximate surface area is 125 Å². The Kier molecular flexibility index (Phi) is 7.44. The molecule has 1 rings (SSSR count). The van der Waals surface area contributed by atoms with Gasteiger partial charge in [0, 0.05) is 18.4 Å². The number of hydrogen-bond donors (Lipinski definition) is 1. The number of thioether (sulfide) groups is 1. The summed E-state index contributed by atoms with van der Waals surface area (Å²) in [5, 5.41) is 14.3. The number of rotatable bonds is 9. The van der Waals surface area contributed by atoms with Crippen LogP contribution in [0.3, 0.4) is 0 Å². The highest BCUT2D eigenvalue weighted by Crippen LogP contribution is 2.31. The molecule has 0 spiro atoms. The van der Waals surface area contributed by atoms with E-state index >= 15 is 0 Å². The van der Waals surface area contributed by atoms with Crippen LogP contribution < -0.4 is 5.32 Å². The molecule has 1 atom stereocenters. The van der Waals surface area contributed by atoms with Crippen molar-refractivity contribution in [1.29, 1.82) is 0 Å². The molecule has 0 saturated carbocycles. The van der Waals surface area contributed by atoms with Gasteiger partial charge in [0.25, 0.3) is 5.69 Å². The zero-order chi connectivity index (χ0) is 15.0. The molecule has 0 aliphatic heterocycles. The molecule has 4 nitrogen and oxygen atoms in total. The highest BCUT2D eigenvalue weighted by Gasteiger charge is 2.16. The molecular weight excluding hydrogens is 272 g/mol. The Hall–Kier alpha value is -1.23. The van der Waals surface area contributed by atoms with Crippen molar-refractivity contribution in [2.75, 3.05) is 17.6 Å². The highest BCUT2D eigenvalue weighted by molar-refractivity contribution is 7.98. The van der Waals surface area contributed by atoms with Crippen LogP contribution in [0.5, 0.6) is 0 Å². The van der Waals surface area contributed by atoms with E-state index in [2.05, 4.69) is 26.1 Å². The molecule has 0 heterocycles. The molecule has 0 fully saturated rings. The fraction of sp³-hybridized carbons (Fsp3) is 0.600.